The van der Waals surface area contributed by atoms with Crippen molar-refractivity contribution < 1.29 is 17.6 Å². The molecule has 0 aromatic heterocycles. The Balaban J connectivity index is 2.33. The summed E-state index contributed by atoms with van der Waals surface area (Å²) in [7, 11) is 1.49. The molecule has 1 unspecified atom stereocenters. The zero-order valence-electron chi connectivity index (χ0n) is 9.56. The van der Waals surface area contributed by atoms with Crippen LogP contribution in [0.15, 0.2) is 18.2 Å². The van der Waals surface area contributed by atoms with E-state index in [2.05, 4.69) is 0 Å². The Morgan fingerprint density at radius 2 is 2.11 bits per heavy atom. The van der Waals surface area contributed by atoms with E-state index in [-0.39, 0.29) is 18.9 Å². The van der Waals surface area contributed by atoms with E-state index in [1.165, 1.54) is 23.1 Å². The minimum atomic E-state index is -3.76. The van der Waals surface area contributed by atoms with Crippen LogP contribution >= 0.6 is 10.7 Å². The zero-order chi connectivity index (χ0) is 13.5. The van der Waals surface area contributed by atoms with Gasteiger partial charge >= 0.3 is 0 Å². The van der Waals surface area contributed by atoms with Crippen LogP contribution in [0.3, 0.4) is 0 Å². The quantitative estimate of drug-likeness (QED) is 0.781. The SMILES string of the molecule is Cc1cc(F)ccc1N1CC(S(=O)(=O)Cl)CC1=O. The fraction of sp³-hybridized carbons (Fsp3) is 0.364. The summed E-state index contributed by atoms with van der Waals surface area (Å²) in [4.78, 5) is 13.1. The lowest BCUT2D eigenvalue weighted by Crippen LogP contribution is -2.27. The van der Waals surface area contributed by atoms with Gasteiger partial charge in [-0.1, -0.05) is 0 Å². The molecule has 1 saturated heterocycles. The Bertz CT molecular complexity index is 602. The molecule has 1 aromatic carbocycles. The molecule has 98 valence electrons. The summed E-state index contributed by atoms with van der Waals surface area (Å²) in [5.74, 6) is -0.719. The number of aryl methyl sites for hydroxylation is 1. The van der Waals surface area contributed by atoms with E-state index >= 15 is 0 Å². The van der Waals surface area contributed by atoms with Gasteiger partial charge in [-0.3, -0.25) is 4.79 Å². The Morgan fingerprint density at radius 1 is 1.44 bits per heavy atom. The zero-order valence-corrected chi connectivity index (χ0v) is 11.1. The van der Waals surface area contributed by atoms with Crippen LogP contribution in [0.1, 0.15) is 12.0 Å². The standard InChI is InChI=1S/C11H11ClFNO3S/c1-7-4-8(13)2-3-10(7)14-6-9(5-11(14)15)18(12,16)17/h2-4,9H,5-6H2,1H3. The molecule has 18 heavy (non-hydrogen) atoms. The number of carbonyl (C=O) groups is 1. The van der Waals surface area contributed by atoms with Crippen molar-refractivity contribution in [1.29, 1.82) is 0 Å². The molecular weight excluding hydrogens is 281 g/mol. The minimum Gasteiger partial charge on any atom is -0.311 e. The summed E-state index contributed by atoms with van der Waals surface area (Å²) < 4.78 is 35.4. The molecule has 0 N–H and O–H groups in total. The van der Waals surface area contributed by atoms with Gasteiger partial charge in [-0.05, 0) is 30.7 Å². The molecule has 0 radical (unpaired) electrons. The fourth-order valence-corrected chi connectivity index (χ4v) is 3.04. The van der Waals surface area contributed by atoms with Gasteiger partial charge in [0.1, 0.15) is 11.1 Å². The van der Waals surface area contributed by atoms with Crippen molar-refractivity contribution in [3.8, 4) is 0 Å². The average Bonchev–Trinajstić information content (AvgIpc) is 2.60. The first kappa shape index (κ1) is 13.3. The first-order valence-corrected chi connectivity index (χ1v) is 7.66. The van der Waals surface area contributed by atoms with Crippen molar-refractivity contribution in [2.45, 2.75) is 18.6 Å². The number of nitrogens with zero attached hydrogens (tertiary/aromatic N) is 1. The third-order valence-electron chi connectivity index (χ3n) is 2.94. The Labute approximate surface area is 109 Å². The molecule has 0 bridgehead atoms. The molecule has 0 spiro atoms. The van der Waals surface area contributed by atoms with Gasteiger partial charge in [-0.15, -0.1) is 0 Å². The van der Waals surface area contributed by atoms with Crippen molar-refractivity contribution in [1.82, 2.24) is 0 Å². The van der Waals surface area contributed by atoms with E-state index in [1.807, 2.05) is 0 Å². The molecule has 0 saturated carbocycles. The van der Waals surface area contributed by atoms with E-state index in [9.17, 15) is 17.6 Å². The van der Waals surface area contributed by atoms with Gasteiger partial charge < -0.3 is 4.90 Å². The maximum Gasteiger partial charge on any atom is 0.237 e. The second-order valence-electron chi connectivity index (χ2n) is 4.24. The van der Waals surface area contributed by atoms with Gasteiger partial charge in [0.05, 0.1) is 0 Å². The molecule has 1 aliphatic heterocycles. The van der Waals surface area contributed by atoms with Crippen LogP contribution in [-0.4, -0.2) is 26.1 Å². The van der Waals surface area contributed by atoms with E-state index in [0.717, 1.165) is 0 Å². The maximum absolute atomic E-state index is 13.0. The van der Waals surface area contributed by atoms with Crippen molar-refractivity contribution in [2.24, 2.45) is 0 Å². The Hall–Kier alpha value is -1.14. The fourth-order valence-electron chi connectivity index (χ4n) is 2.02. The van der Waals surface area contributed by atoms with Crippen molar-refractivity contribution in [2.75, 3.05) is 11.4 Å². The molecule has 7 heteroatoms. The molecule has 4 nitrogen and oxygen atoms in total. The van der Waals surface area contributed by atoms with Gasteiger partial charge in [0.25, 0.3) is 0 Å². The first-order chi connectivity index (χ1) is 8.29. The van der Waals surface area contributed by atoms with Crippen LogP contribution in [0, 0.1) is 12.7 Å². The van der Waals surface area contributed by atoms with E-state index in [1.54, 1.807) is 6.92 Å². The van der Waals surface area contributed by atoms with Crippen LogP contribution in [0.25, 0.3) is 0 Å². The topological polar surface area (TPSA) is 54.5 Å². The molecule has 0 aliphatic carbocycles. The van der Waals surface area contributed by atoms with E-state index in [0.29, 0.717) is 11.3 Å². The average molecular weight is 292 g/mol. The second kappa shape index (κ2) is 4.51. The van der Waals surface area contributed by atoms with Gasteiger partial charge in [0, 0.05) is 29.3 Å². The molecule has 1 heterocycles. The third kappa shape index (κ3) is 2.49. The summed E-state index contributed by atoms with van der Waals surface area (Å²) in [5, 5.41) is -0.906. The number of rotatable bonds is 2. The minimum absolute atomic E-state index is 0.0111. The van der Waals surface area contributed by atoms with Gasteiger partial charge in [-0.25, -0.2) is 12.8 Å². The highest BCUT2D eigenvalue weighted by atomic mass is 35.7. The largest absolute Gasteiger partial charge is 0.311 e. The summed E-state index contributed by atoms with van der Waals surface area (Å²) >= 11 is 0. The predicted molar refractivity (Wildman–Crippen MR) is 66.7 cm³/mol. The summed E-state index contributed by atoms with van der Waals surface area (Å²) in [5.41, 5.74) is 1.10. The van der Waals surface area contributed by atoms with E-state index in [4.69, 9.17) is 10.7 Å². The number of hydrogen-bond acceptors (Lipinski definition) is 3. The number of amides is 1. The van der Waals surface area contributed by atoms with Crippen LogP contribution in [0.4, 0.5) is 10.1 Å². The highest BCUT2D eigenvalue weighted by Gasteiger charge is 2.38. The number of carbonyl (C=O) groups excluding carboxylic acids is 1. The molecule has 1 aromatic rings. The summed E-state index contributed by atoms with van der Waals surface area (Å²) in [6.07, 6.45) is -0.136. The van der Waals surface area contributed by atoms with Crippen molar-refractivity contribution in [3.63, 3.8) is 0 Å². The monoisotopic (exact) mass is 291 g/mol. The normalized spacial score (nSPS) is 20.5. The van der Waals surface area contributed by atoms with Gasteiger partial charge in [-0.2, -0.15) is 0 Å². The number of halogens is 2. The molecule has 1 aliphatic rings. The molecular formula is C11H11ClFNO3S. The predicted octanol–water partition coefficient (Wildman–Crippen LogP) is 1.81. The smallest absolute Gasteiger partial charge is 0.237 e. The lowest BCUT2D eigenvalue weighted by atomic mass is 10.2. The molecule has 1 fully saturated rings. The lowest BCUT2D eigenvalue weighted by molar-refractivity contribution is -0.117. The highest BCUT2D eigenvalue weighted by molar-refractivity contribution is 8.14. The highest BCUT2D eigenvalue weighted by Crippen LogP contribution is 2.29. The van der Waals surface area contributed by atoms with Crippen molar-refractivity contribution >= 4 is 31.3 Å². The first-order valence-electron chi connectivity index (χ1n) is 5.29. The Morgan fingerprint density at radius 3 is 2.61 bits per heavy atom. The lowest BCUT2D eigenvalue weighted by Gasteiger charge is -2.18. The summed E-state index contributed by atoms with van der Waals surface area (Å²) in [6.45, 7) is 1.67. The number of benzene rings is 1. The van der Waals surface area contributed by atoms with Gasteiger partial charge in [0.15, 0.2) is 0 Å². The maximum atomic E-state index is 13.0. The second-order valence-corrected chi connectivity index (χ2v) is 7.15. The van der Waals surface area contributed by atoms with Gasteiger partial charge in [0.2, 0.25) is 15.0 Å². The molecule has 1 amide bonds. The molecule has 1 atom stereocenters. The molecule has 2 rings (SSSR count). The van der Waals surface area contributed by atoms with Crippen LogP contribution in [-0.2, 0) is 13.8 Å². The van der Waals surface area contributed by atoms with Crippen LogP contribution < -0.4 is 4.90 Å². The van der Waals surface area contributed by atoms with E-state index < -0.39 is 20.1 Å². The van der Waals surface area contributed by atoms with Crippen molar-refractivity contribution in [3.05, 3.63) is 29.6 Å². The Kier molecular flexibility index (Phi) is 3.33. The number of anilines is 1. The third-order valence-corrected chi connectivity index (χ3v) is 4.81. The van der Waals surface area contributed by atoms with Crippen LogP contribution in [0.2, 0.25) is 0 Å². The summed E-state index contributed by atoms with van der Waals surface area (Å²) in [6, 6.07) is 4.00. The van der Waals surface area contributed by atoms with Crippen LogP contribution in [0.5, 0.6) is 0 Å². The number of hydrogen-bond donors (Lipinski definition) is 0.